The molecule has 0 saturated carbocycles. The van der Waals surface area contributed by atoms with Crippen molar-refractivity contribution in [2.24, 2.45) is 0 Å². The fourth-order valence-electron chi connectivity index (χ4n) is 4.50. The topological polar surface area (TPSA) is 62.5 Å². The summed E-state index contributed by atoms with van der Waals surface area (Å²) in [5.74, 6) is 0.227. The molecule has 1 saturated heterocycles. The van der Waals surface area contributed by atoms with E-state index in [1.54, 1.807) is 0 Å². The van der Waals surface area contributed by atoms with E-state index in [4.69, 9.17) is 4.98 Å². The highest BCUT2D eigenvalue weighted by Crippen LogP contribution is 2.30. The summed E-state index contributed by atoms with van der Waals surface area (Å²) in [6, 6.07) is 17.4. The van der Waals surface area contributed by atoms with Gasteiger partial charge in [-0.15, -0.1) is 0 Å². The van der Waals surface area contributed by atoms with Gasteiger partial charge in [0.25, 0.3) is 5.91 Å². The summed E-state index contributed by atoms with van der Waals surface area (Å²) in [5, 5.41) is 3.11. The summed E-state index contributed by atoms with van der Waals surface area (Å²) in [4.78, 5) is 24.4. The van der Waals surface area contributed by atoms with E-state index in [1.165, 1.54) is 6.07 Å². The minimum absolute atomic E-state index is 0.116. The molecule has 0 aliphatic carbocycles. The van der Waals surface area contributed by atoms with Crippen LogP contribution in [0.2, 0.25) is 0 Å². The molecule has 1 amide bonds. The van der Waals surface area contributed by atoms with Crippen molar-refractivity contribution in [3.05, 3.63) is 84.3 Å². The van der Waals surface area contributed by atoms with E-state index in [0.717, 1.165) is 37.1 Å². The lowest BCUT2D eigenvalue weighted by atomic mass is 10.0. The van der Waals surface area contributed by atoms with Crippen LogP contribution in [0.5, 0.6) is 0 Å². The van der Waals surface area contributed by atoms with Crippen molar-refractivity contribution in [3.8, 4) is 11.3 Å². The maximum atomic E-state index is 13.9. The average Bonchev–Trinajstić information content (AvgIpc) is 3.27. The van der Waals surface area contributed by atoms with Crippen LogP contribution >= 0.6 is 0 Å². The van der Waals surface area contributed by atoms with Gasteiger partial charge < -0.3 is 10.2 Å². The molecule has 3 aromatic heterocycles. The molecule has 1 aromatic carbocycles. The number of alkyl halides is 3. The van der Waals surface area contributed by atoms with Gasteiger partial charge in [0.05, 0.1) is 5.56 Å². The highest BCUT2D eigenvalue weighted by atomic mass is 19.4. The van der Waals surface area contributed by atoms with Gasteiger partial charge in [0.15, 0.2) is 0 Å². The normalized spacial score (nSPS) is 16.4. The quantitative estimate of drug-likeness (QED) is 0.409. The molecule has 1 atom stereocenters. The molecule has 0 bridgehead atoms. The zero-order valence-electron chi connectivity index (χ0n) is 18.9. The fraction of sp³-hybridized carbons (Fsp3) is 0.269. The number of likely N-dealkylation sites (tertiary alicyclic amines) is 1. The molecule has 4 aromatic rings. The fourth-order valence-corrected chi connectivity index (χ4v) is 4.50. The first-order valence-electron chi connectivity index (χ1n) is 11.5. The van der Waals surface area contributed by atoms with Crippen molar-refractivity contribution in [3.63, 3.8) is 0 Å². The molecule has 0 unspecified atom stereocenters. The number of nitrogens with zero attached hydrogens (tertiary/aromatic N) is 4. The van der Waals surface area contributed by atoms with Crippen LogP contribution in [0.25, 0.3) is 16.9 Å². The summed E-state index contributed by atoms with van der Waals surface area (Å²) >= 11 is 0. The second kappa shape index (κ2) is 9.40. The van der Waals surface area contributed by atoms with E-state index in [-0.39, 0.29) is 11.9 Å². The Bertz CT molecular complexity index is 1320. The molecule has 4 heterocycles. The van der Waals surface area contributed by atoms with Crippen LogP contribution in [0, 0.1) is 0 Å². The molecule has 6 nitrogen and oxygen atoms in total. The zero-order chi connectivity index (χ0) is 24.4. The molecular formula is C26H24F3N5O. The third-order valence-corrected chi connectivity index (χ3v) is 6.28. The number of carbonyl (C=O) groups excluding carboxylic acids is 1. The van der Waals surface area contributed by atoms with Gasteiger partial charge in [-0.05, 0) is 43.5 Å². The molecule has 180 valence electrons. The van der Waals surface area contributed by atoms with Gasteiger partial charge in [-0.1, -0.05) is 36.4 Å². The van der Waals surface area contributed by atoms with Crippen LogP contribution in [0.4, 0.5) is 19.0 Å². The molecule has 5 rings (SSSR count). The maximum absolute atomic E-state index is 13.9. The molecule has 1 N–H and O–H groups in total. The second-order valence-electron chi connectivity index (χ2n) is 8.56. The first kappa shape index (κ1) is 22.9. The smallest absolute Gasteiger partial charge is 0.368 e. The van der Waals surface area contributed by atoms with Gasteiger partial charge in [-0.2, -0.15) is 13.2 Å². The van der Waals surface area contributed by atoms with Crippen molar-refractivity contribution in [2.45, 2.75) is 31.5 Å². The molecule has 0 radical (unpaired) electrons. The Hall–Kier alpha value is -3.88. The van der Waals surface area contributed by atoms with E-state index in [0.29, 0.717) is 35.9 Å². The van der Waals surface area contributed by atoms with Crippen molar-refractivity contribution < 1.29 is 18.0 Å². The number of benzene rings is 1. The predicted octanol–water partition coefficient (Wildman–Crippen LogP) is 5.52. The Balaban J connectivity index is 1.41. The van der Waals surface area contributed by atoms with Gasteiger partial charge in [0.2, 0.25) is 0 Å². The van der Waals surface area contributed by atoms with E-state index >= 15 is 0 Å². The SMILES string of the molecule is O=C(c1c(-c2ccccc2)nc2ccccn12)N1CCCC[C@H]1CNc1ccc(C(F)(F)F)cn1. The molecule has 1 aliphatic rings. The Labute approximate surface area is 200 Å². The number of nitrogens with one attached hydrogen (secondary N) is 1. The van der Waals surface area contributed by atoms with Crippen LogP contribution in [0.3, 0.4) is 0 Å². The van der Waals surface area contributed by atoms with E-state index in [1.807, 2.05) is 64.0 Å². The van der Waals surface area contributed by atoms with Gasteiger partial charge in [0.1, 0.15) is 22.9 Å². The number of imidazole rings is 1. The first-order chi connectivity index (χ1) is 16.9. The van der Waals surface area contributed by atoms with Crippen LogP contribution < -0.4 is 5.32 Å². The number of hydrogen-bond donors (Lipinski definition) is 1. The number of rotatable bonds is 5. The number of aromatic nitrogens is 3. The zero-order valence-corrected chi connectivity index (χ0v) is 18.9. The number of piperidine rings is 1. The highest BCUT2D eigenvalue weighted by molar-refractivity contribution is 6.00. The molecule has 35 heavy (non-hydrogen) atoms. The number of fused-ring (bicyclic) bond motifs is 1. The predicted molar refractivity (Wildman–Crippen MR) is 127 cm³/mol. The molecular weight excluding hydrogens is 455 g/mol. The highest BCUT2D eigenvalue weighted by Gasteiger charge is 2.32. The summed E-state index contributed by atoms with van der Waals surface area (Å²) < 4.78 is 40.3. The number of pyridine rings is 2. The van der Waals surface area contributed by atoms with Crippen molar-refractivity contribution in [2.75, 3.05) is 18.4 Å². The number of amides is 1. The van der Waals surface area contributed by atoms with Gasteiger partial charge in [-0.3, -0.25) is 9.20 Å². The Kier molecular flexibility index (Phi) is 6.15. The standard InChI is InChI=1S/C26H24F3N5O/c27-26(28,29)19-12-13-21(30-16-19)31-17-20-10-4-6-14-33(20)25(35)24-23(18-8-2-1-3-9-18)32-22-11-5-7-15-34(22)24/h1-3,5,7-9,11-13,15-16,20H,4,6,10,14,17H2,(H,30,31)/t20-/m0/s1. The summed E-state index contributed by atoms with van der Waals surface area (Å²) in [6.45, 7) is 0.988. The monoisotopic (exact) mass is 479 g/mol. The van der Waals surface area contributed by atoms with Crippen molar-refractivity contribution in [1.29, 1.82) is 0 Å². The third kappa shape index (κ3) is 4.71. The summed E-state index contributed by atoms with van der Waals surface area (Å²) in [5.41, 5.74) is 1.89. The maximum Gasteiger partial charge on any atom is 0.417 e. The number of halogens is 3. The molecule has 9 heteroatoms. The lowest BCUT2D eigenvalue weighted by molar-refractivity contribution is -0.137. The number of carbonyl (C=O) groups is 1. The molecule has 1 aliphatic heterocycles. The van der Waals surface area contributed by atoms with Crippen molar-refractivity contribution >= 4 is 17.4 Å². The summed E-state index contributed by atoms with van der Waals surface area (Å²) in [6.07, 6.45) is 0.870. The van der Waals surface area contributed by atoms with Gasteiger partial charge >= 0.3 is 6.18 Å². The van der Waals surface area contributed by atoms with Crippen LogP contribution in [-0.2, 0) is 6.18 Å². The van der Waals surface area contributed by atoms with E-state index in [9.17, 15) is 18.0 Å². The van der Waals surface area contributed by atoms with Gasteiger partial charge in [-0.25, -0.2) is 9.97 Å². The third-order valence-electron chi connectivity index (χ3n) is 6.28. The lowest BCUT2D eigenvalue weighted by Crippen LogP contribution is -2.47. The lowest BCUT2D eigenvalue weighted by Gasteiger charge is -2.36. The molecule has 1 fully saturated rings. The summed E-state index contributed by atoms with van der Waals surface area (Å²) in [7, 11) is 0. The Morgan fingerprint density at radius 2 is 1.83 bits per heavy atom. The Morgan fingerprint density at radius 1 is 1.03 bits per heavy atom. The number of hydrogen-bond acceptors (Lipinski definition) is 4. The minimum atomic E-state index is -4.43. The largest absolute Gasteiger partial charge is 0.417 e. The van der Waals surface area contributed by atoms with E-state index < -0.39 is 11.7 Å². The first-order valence-corrected chi connectivity index (χ1v) is 11.5. The van der Waals surface area contributed by atoms with E-state index in [2.05, 4.69) is 10.3 Å². The second-order valence-corrected chi connectivity index (χ2v) is 8.56. The minimum Gasteiger partial charge on any atom is -0.368 e. The number of anilines is 1. The Morgan fingerprint density at radius 3 is 2.57 bits per heavy atom. The average molecular weight is 480 g/mol. The van der Waals surface area contributed by atoms with Crippen LogP contribution in [-0.4, -0.2) is 44.3 Å². The van der Waals surface area contributed by atoms with Gasteiger partial charge in [0, 0.05) is 37.1 Å². The van der Waals surface area contributed by atoms with Crippen LogP contribution in [0.1, 0.15) is 35.3 Å². The van der Waals surface area contributed by atoms with Crippen LogP contribution in [0.15, 0.2) is 73.1 Å². The molecule has 0 spiro atoms. The van der Waals surface area contributed by atoms with Crippen molar-refractivity contribution in [1.82, 2.24) is 19.3 Å².